The van der Waals surface area contributed by atoms with Gasteiger partial charge in [-0.2, -0.15) is 0 Å². The summed E-state index contributed by atoms with van der Waals surface area (Å²) in [4.78, 5) is 28.5. The largest absolute Gasteiger partial charge is 0.497 e. The Balaban J connectivity index is 1.50. The summed E-state index contributed by atoms with van der Waals surface area (Å²) in [6.45, 7) is 0.168. The zero-order valence-electron chi connectivity index (χ0n) is 18.9. The van der Waals surface area contributed by atoms with Gasteiger partial charge in [0.25, 0.3) is 0 Å². The molecule has 3 aliphatic rings. The van der Waals surface area contributed by atoms with E-state index in [1.54, 1.807) is 12.0 Å². The summed E-state index contributed by atoms with van der Waals surface area (Å²) in [7, 11) is 1.62. The fraction of sp³-hybridized carbons (Fsp3) is 0.462. The van der Waals surface area contributed by atoms with E-state index in [4.69, 9.17) is 14.2 Å². The highest BCUT2D eigenvalue weighted by Gasteiger charge is 2.42. The highest BCUT2D eigenvalue weighted by Crippen LogP contribution is 2.43. The molecule has 5 rings (SSSR count). The van der Waals surface area contributed by atoms with Crippen LogP contribution in [0.4, 0.5) is 5.69 Å². The van der Waals surface area contributed by atoms with E-state index < -0.39 is 6.04 Å². The number of hydrogen-bond acceptors (Lipinski definition) is 5. The maximum atomic E-state index is 13.5. The fourth-order valence-corrected chi connectivity index (χ4v) is 5.24. The van der Waals surface area contributed by atoms with Gasteiger partial charge in [0.1, 0.15) is 5.75 Å². The molecule has 2 heterocycles. The smallest absolute Gasteiger partial charge is 0.231 e. The van der Waals surface area contributed by atoms with Crippen LogP contribution in [0.15, 0.2) is 42.5 Å². The molecule has 2 aliphatic heterocycles. The lowest BCUT2D eigenvalue weighted by atomic mass is 9.82. The number of rotatable bonds is 5. The van der Waals surface area contributed by atoms with Crippen LogP contribution in [0.3, 0.4) is 0 Å². The van der Waals surface area contributed by atoms with Gasteiger partial charge in [0.15, 0.2) is 11.5 Å². The van der Waals surface area contributed by atoms with Crippen molar-refractivity contribution in [1.29, 1.82) is 0 Å². The lowest BCUT2D eigenvalue weighted by Gasteiger charge is -2.41. The third-order valence-electron chi connectivity index (χ3n) is 6.98. The molecule has 1 N–H and O–H groups in total. The first-order valence-corrected chi connectivity index (χ1v) is 11.8. The van der Waals surface area contributed by atoms with Gasteiger partial charge in [-0.05, 0) is 49.1 Å². The van der Waals surface area contributed by atoms with Crippen LogP contribution >= 0.6 is 0 Å². The number of carbonyl (C=O) groups excluding carboxylic acids is 2. The van der Waals surface area contributed by atoms with Crippen LogP contribution in [0.25, 0.3) is 0 Å². The Morgan fingerprint density at radius 1 is 1.00 bits per heavy atom. The van der Waals surface area contributed by atoms with Crippen LogP contribution in [0.5, 0.6) is 17.2 Å². The molecular formula is C26H30N2O5. The van der Waals surface area contributed by atoms with Gasteiger partial charge in [0.2, 0.25) is 18.6 Å². The van der Waals surface area contributed by atoms with Gasteiger partial charge in [-0.25, -0.2) is 0 Å². The molecule has 2 fully saturated rings. The van der Waals surface area contributed by atoms with Gasteiger partial charge >= 0.3 is 0 Å². The van der Waals surface area contributed by atoms with Crippen LogP contribution < -0.4 is 24.4 Å². The Hall–Kier alpha value is -3.22. The molecule has 1 aliphatic carbocycles. The van der Waals surface area contributed by atoms with Crippen molar-refractivity contribution in [2.75, 3.05) is 18.8 Å². The molecular weight excluding hydrogens is 420 g/mol. The van der Waals surface area contributed by atoms with Crippen molar-refractivity contribution in [3.63, 3.8) is 0 Å². The summed E-state index contributed by atoms with van der Waals surface area (Å²) in [6.07, 6.45) is 6.43. The first-order valence-electron chi connectivity index (χ1n) is 11.8. The van der Waals surface area contributed by atoms with Crippen LogP contribution in [-0.2, 0) is 9.59 Å². The number of piperidine rings is 1. The van der Waals surface area contributed by atoms with Crippen molar-refractivity contribution in [3.8, 4) is 17.2 Å². The highest BCUT2D eigenvalue weighted by molar-refractivity contribution is 5.97. The minimum absolute atomic E-state index is 0.00333. The van der Waals surface area contributed by atoms with E-state index >= 15 is 0 Å². The number of nitrogens with one attached hydrogen (secondary N) is 1. The third-order valence-corrected chi connectivity index (χ3v) is 6.98. The lowest BCUT2D eigenvalue weighted by Crippen LogP contribution is -2.50. The zero-order valence-corrected chi connectivity index (χ0v) is 18.9. The molecule has 0 bridgehead atoms. The minimum atomic E-state index is -0.416. The standard InChI is InChI=1S/C26H30N2O5/c1-31-20-10-7-17(8-11-20)25-21(26(30)27-18-5-3-2-4-6-18)12-14-24(29)28(25)19-9-13-22-23(15-19)33-16-32-22/h7-11,13,15,18,21,25H,2-6,12,14,16H2,1H3,(H,27,30). The Morgan fingerprint density at radius 2 is 1.76 bits per heavy atom. The molecule has 2 aromatic rings. The van der Waals surface area contributed by atoms with Crippen molar-refractivity contribution in [3.05, 3.63) is 48.0 Å². The molecule has 33 heavy (non-hydrogen) atoms. The van der Waals surface area contributed by atoms with Crippen molar-refractivity contribution >= 4 is 17.5 Å². The number of methoxy groups -OCH3 is 1. The molecule has 2 amide bonds. The van der Waals surface area contributed by atoms with Gasteiger partial charge in [0, 0.05) is 24.2 Å². The maximum Gasteiger partial charge on any atom is 0.231 e. The number of benzene rings is 2. The SMILES string of the molecule is COc1ccc(C2C(C(=O)NC3CCCCC3)CCC(=O)N2c2ccc3c(c2)OCO3)cc1. The summed E-state index contributed by atoms with van der Waals surface area (Å²) in [5.74, 6) is 1.69. The molecule has 0 spiro atoms. The molecule has 174 valence electrons. The predicted octanol–water partition coefficient (Wildman–Crippen LogP) is 4.36. The number of amides is 2. The third kappa shape index (κ3) is 4.36. The molecule has 2 unspecified atom stereocenters. The summed E-state index contributed by atoms with van der Waals surface area (Å²) < 4.78 is 16.3. The zero-order chi connectivity index (χ0) is 22.8. The van der Waals surface area contributed by atoms with E-state index in [9.17, 15) is 9.59 Å². The van der Waals surface area contributed by atoms with E-state index in [1.807, 2.05) is 42.5 Å². The average Bonchev–Trinajstić information content (AvgIpc) is 3.32. The van der Waals surface area contributed by atoms with Crippen LogP contribution in [-0.4, -0.2) is 31.8 Å². The average molecular weight is 451 g/mol. The van der Waals surface area contributed by atoms with E-state index in [-0.39, 0.29) is 30.6 Å². The van der Waals surface area contributed by atoms with Gasteiger partial charge < -0.3 is 24.4 Å². The molecule has 0 aromatic heterocycles. The number of hydrogen-bond donors (Lipinski definition) is 1. The number of ether oxygens (including phenoxy) is 3. The van der Waals surface area contributed by atoms with Crippen LogP contribution in [0, 0.1) is 5.92 Å². The number of carbonyl (C=O) groups is 2. The molecule has 2 atom stereocenters. The van der Waals surface area contributed by atoms with Gasteiger partial charge in [-0.1, -0.05) is 31.4 Å². The van der Waals surface area contributed by atoms with Gasteiger partial charge in [0.05, 0.1) is 19.1 Å². The van der Waals surface area contributed by atoms with E-state index in [2.05, 4.69) is 5.32 Å². The predicted molar refractivity (Wildman–Crippen MR) is 124 cm³/mol. The van der Waals surface area contributed by atoms with Crippen molar-refractivity contribution in [2.45, 2.75) is 57.0 Å². The Bertz CT molecular complexity index is 1020. The molecule has 7 nitrogen and oxygen atoms in total. The normalized spacial score (nSPS) is 22.8. The van der Waals surface area contributed by atoms with E-state index in [0.717, 1.165) is 37.0 Å². The number of anilines is 1. The van der Waals surface area contributed by atoms with Gasteiger partial charge in [-0.15, -0.1) is 0 Å². The first kappa shape index (κ1) is 21.6. The maximum absolute atomic E-state index is 13.5. The lowest BCUT2D eigenvalue weighted by molar-refractivity contribution is -0.130. The van der Waals surface area contributed by atoms with Crippen molar-refractivity contribution in [2.24, 2.45) is 5.92 Å². The second-order valence-corrected chi connectivity index (χ2v) is 9.01. The Morgan fingerprint density at radius 3 is 2.52 bits per heavy atom. The summed E-state index contributed by atoms with van der Waals surface area (Å²) in [5, 5.41) is 3.29. The van der Waals surface area contributed by atoms with Crippen molar-refractivity contribution < 1.29 is 23.8 Å². The van der Waals surface area contributed by atoms with Crippen LogP contribution in [0.2, 0.25) is 0 Å². The minimum Gasteiger partial charge on any atom is -0.497 e. The molecule has 0 radical (unpaired) electrons. The molecule has 7 heteroatoms. The first-order chi connectivity index (χ1) is 16.1. The number of fused-ring (bicyclic) bond motifs is 1. The number of nitrogens with zero attached hydrogens (tertiary/aromatic N) is 1. The molecule has 1 saturated carbocycles. The van der Waals surface area contributed by atoms with Gasteiger partial charge in [-0.3, -0.25) is 9.59 Å². The second-order valence-electron chi connectivity index (χ2n) is 9.01. The molecule has 1 saturated heterocycles. The highest BCUT2D eigenvalue weighted by atomic mass is 16.7. The summed E-state index contributed by atoms with van der Waals surface area (Å²) in [5.41, 5.74) is 1.62. The topological polar surface area (TPSA) is 77.1 Å². The summed E-state index contributed by atoms with van der Waals surface area (Å²) in [6, 6.07) is 13.0. The fourth-order valence-electron chi connectivity index (χ4n) is 5.24. The monoisotopic (exact) mass is 450 g/mol. The Labute approximate surface area is 194 Å². The van der Waals surface area contributed by atoms with E-state index in [1.165, 1.54) is 6.42 Å². The Kier molecular flexibility index (Phi) is 6.11. The second kappa shape index (κ2) is 9.33. The van der Waals surface area contributed by atoms with E-state index in [0.29, 0.717) is 30.0 Å². The summed E-state index contributed by atoms with van der Waals surface area (Å²) >= 11 is 0. The van der Waals surface area contributed by atoms with Crippen molar-refractivity contribution in [1.82, 2.24) is 5.32 Å². The van der Waals surface area contributed by atoms with Crippen LogP contribution in [0.1, 0.15) is 56.6 Å². The quantitative estimate of drug-likeness (QED) is 0.733. The molecule has 2 aromatic carbocycles.